The van der Waals surface area contributed by atoms with Gasteiger partial charge in [0.2, 0.25) is 0 Å². The summed E-state index contributed by atoms with van der Waals surface area (Å²) in [6.07, 6.45) is 0. The fraction of sp³-hybridized carbons (Fsp3) is 0.0476. The molecule has 4 heteroatoms. The molecule has 0 heterocycles. The first-order chi connectivity index (χ1) is 12.1. The van der Waals surface area contributed by atoms with E-state index in [-0.39, 0.29) is 5.84 Å². The van der Waals surface area contributed by atoms with Gasteiger partial charge < -0.3 is 5.73 Å². The quantitative estimate of drug-likeness (QED) is 0.457. The van der Waals surface area contributed by atoms with E-state index in [0.29, 0.717) is 5.84 Å². The summed E-state index contributed by atoms with van der Waals surface area (Å²) in [5.74, 6) is 0.507. The average molecular weight is 394 g/mol. The Kier molecular flexibility index (Phi) is 7.11. The molecule has 0 atom stereocenters. The van der Waals surface area contributed by atoms with Crippen LogP contribution >= 0.6 is 15.9 Å². The standard InChI is InChI=1S/C14H12BrN3.C7H8/c15-12-8-6-11(7-9-12)14(17)18-13(16)10-4-2-1-3-5-10;1-7-5-3-2-4-6-7/h1-9H,(H3,16,17,18);2-6H,1H3. The molecule has 0 radical (unpaired) electrons. The third-order valence-corrected chi connectivity index (χ3v) is 3.89. The van der Waals surface area contributed by atoms with Gasteiger partial charge in [0.1, 0.15) is 5.84 Å². The zero-order chi connectivity index (χ0) is 18.1. The van der Waals surface area contributed by atoms with Crippen molar-refractivity contribution in [2.24, 2.45) is 10.7 Å². The lowest BCUT2D eigenvalue weighted by Gasteiger charge is -2.02. The molecule has 126 valence electrons. The lowest BCUT2D eigenvalue weighted by Crippen LogP contribution is -2.15. The van der Waals surface area contributed by atoms with Crippen LogP contribution in [0, 0.1) is 12.3 Å². The maximum atomic E-state index is 7.87. The van der Waals surface area contributed by atoms with Gasteiger partial charge in [-0.3, -0.25) is 5.41 Å². The van der Waals surface area contributed by atoms with Crippen LogP contribution in [0.5, 0.6) is 0 Å². The van der Waals surface area contributed by atoms with Gasteiger partial charge in [0.15, 0.2) is 5.84 Å². The Hall–Kier alpha value is -2.72. The predicted molar refractivity (Wildman–Crippen MR) is 109 cm³/mol. The number of rotatable bonds is 2. The Morgan fingerprint density at radius 3 is 1.80 bits per heavy atom. The van der Waals surface area contributed by atoms with Gasteiger partial charge in [-0.05, 0) is 19.1 Å². The first-order valence-corrected chi connectivity index (χ1v) is 8.61. The summed E-state index contributed by atoms with van der Waals surface area (Å²) in [4.78, 5) is 4.11. The molecule has 3 aromatic rings. The van der Waals surface area contributed by atoms with E-state index in [0.717, 1.165) is 15.6 Å². The van der Waals surface area contributed by atoms with Crippen LogP contribution in [0.4, 0.5) is 0 Å². The van der Waals surface area contributed by atoms with E-state index in [4.69, 9.17) is 11.1 Å². The van der Waals surface area contributed by atoms with Gasteiger partial charge in [0, 0.05) is 15.6 Å². The first-order valence-electron chi connectivity index (χ1n) is 7.82. The third-order valence-electron chi connectivity index (χ3n) is 3.36. The van der Waals surface area contributed by atoms with Crippen LogP contribution in [0.3, 0.4) is 0 Å². The van der Waals surface area contributed by atoms with Gasteiger partial charge in [-0.1, -0.05) is 94.3 Å². The van der Waals surface area contributed by atoms with Crippen molar-refractivity contribution in [3.05, 3.63) is 106 Å². The summed E-state index contributed by atoms with van der Waals surface area (Å²) in [5, 5.41) is 7.87. The van der Waals surface area contributed by atoms with Crippen molar-refractivity contribution in [1.82, 2.24) is 0 Å². The molecule has 0 aromatic heterocycles. The molecule has 0 unspecified atom stereocenters. The molecule has 0 spiro atoms. The van der Waals surface area contributed by atoms with Crippen molar-refractivity contribution in [2.45, 2.75) is 6.92 Å². The van der Waals surface area contributed by atoms with E-state index in [9.17, 15) is 0 Å². The molecule has 3 N–H and O–H groups in total. The molecule has 0 saturated heterocycles. The summed E-state index contributed by atoms with van der Waals surface area (Å²) >= 11 is 3.36. The number of aryl methyl sites for hydroxylation is 1. The minimum atomic E-state index is 0.163. The van der Waals surface area contributed by atoms with Gasteiger partial charge >= 0.3 is 0 Å². The number of nitrogens with zero attached hydrogens (tertiary/aromatic N) is 1. The molecule has 0 amide bonds. The van der Waals surface area contributed by atoms with E-state index in [1.165, 1.54) is 5.56 Å². The molecule has 25 heavy (non-hydrogen) atoms. The smallest absolute Gasteiger partial charge is 0.154 e. The number of nitrogens with one attached hydrogen (secondary N) is 1. The maximum absolute atomic E-state index is 7.87. The molecular weight excluding hydrogens is 374 g/mol. The summed E-state index contributed by atoms with van der Waals surface area (Å²) in [6, 6.07) is 27.1. The SMILES string of the molecule is Cc1ccccc1.N=C(N=C(N)c1ccc(Br)cc1)c1ccccc1. The number of aliphatic imine (C=N–C) groups is 1. The third kappa shape index (κ3) is 6.36. The number of nitrogens with two attached hydrogens (primary N) is 1. The number of halogens is 1. The van der Waals surface area contributed by atoms with Gasteiger partial charge in [-0.2, -0.15) is 0 Å². The average Bonchev–Trinajstić information content (AvgIpc) is 2.64. The van der Waals surface area contributed by atoms with Gasteiger partial charge in [0.05, 0.1) is 0 Å². The van der Waals surface area contributed by atoms with Crippen LogP contribution in [0.1, 0.15) is 16.7 Å². The second-order valence-electron chi connectivity index (χ2n) is 5.37. The lowest BCUT2D eigenvalue weighted by molar-refractivity contribution is 1.40. The summed E-state index contributed by atoms with van der Waals surface area (Å²) < 4.78 is 0.984. The fourth-order valence-corrected chi connectivity index (χ4v) is 2.26. The minimum absolute atomic E-state index is 0.163. The van der Waals surface area contributed by atoms with Crippen LogP contribution < -0.4 is 5.73 Å². The lowest BCUT2D eigenvalue weighted by atomic mass is 10.2. The molecule has 0 aliphatic carbocycles. The molecule has 0 fully saturated rings. The highest BCUT2D eigenvalue weighted by molar-refractivity contribution is 9.10. The zero-order valence-corrected chi connectivity index (χ0v) is 15.6. The predicted octanol–water partition coefficient (Wildman–Crippen LogP) is 5.17. The Morgan fingerprint density at radius 1 is 0.800 bits per heavy atom. The highest BCUT2D eigenvalue weighted by Gasteiger charge is 2.02. The number of hydrogen-bond donors (Lipinski definition) is 2. The van der Waals surface area contributed by atoms with Crippen molar-refractivity contribution in [1.29, 1.82) is 5.41 Å². The van der Waals surface area contributed by atoms with Gasteiger partial charge in [-0.25, -0.2) is 4.99 Å². The molecule has 0 aliphatic heterocycles. The van der Waals surface area contributed by atoms with E-state index >= 15 is 0 Å². The normalized spacial score (nSPS) is 10.6. The summed E-state index contributed by atoms with van der Waals surface area (Å²) in [5.41, 5.74) is 8.75. The molecule has 0 saturated carbocycles. The van der Waals surface area contributed by atoms with Gasteiger partial charge in [-0.15, -0.1) is 0 Å². The van der Waals surface area contributed by atoms with Crippen LogP contribution in [0.25, 0.3) is 0 Å². The second-order valence-corrected chi connectivity index (χ2v) is 6.29. The number of benzene rings is 3. The van der Waals surface area contributed by atoms with Crippen LogP contribution in [0.15, 0.2) is 94.4 Å². The monoisotopic (exact) mass is 393 g/mol. The van der Waals surface area contributed by atoms with Crippen LogP contribution in [-0.2, 0) is 0 Å². The van der Waals surface area contributed by atoms with E-state index in [1.807, 2.05) is 72.8 Å². The molecular formula is C21H20BrN3. The number of amidine groups is 2. The molecule has 3 aromatic carbocycles. The largest absolute Gasteiger partial charge is 0.383 e. The summed E-state index contributed by atoms with van der Waals surface area (Å²) in [7, 11) is 0. The van der Waals surface area contributed by atoms with Crippen molar-refractivity contribution < 1.29 is 0 Å². The topological polar surface area (TPSA) is 62.2 Å². The van der Waals surface area contributed by atoms with Crippen molar-refractivity contribution >= 4 is 27.6 Å². The van der Waals surface area contributed by atoms with Crippen molar-refractivity contribution in [3.63, 3.8) is 0 Å². The molecule has 0 aliphatic rings. The first kappa shape index (κ1) is 18.6. The minimum Gasteiger partial charge on any atom is -0.383 e. The van der Waals surface area contributed by atoms with E-state index in [2.05, 4.69) is 40.0 Å². The van der Waals surface area contributed by atoms with Crippen molar-refractivity contribution in [3.8, 4) is 0 Å². The Labute approximate surface area is 156 Å². The highest BCUT2D eigenvalue weighted by Crippen LogP contribution is 2.10. The fourth-order valence-electron chi connectivity index (χ4n) is 2.00. The zero-order valence-electron chi connectivity index (χ0n) is 14.0. The number of hydrogen-bond acceptors (Lipinski definition) is 1. The van der Waals surface area contributed by atoms with Gasteiger partial charge in [0.25, 0.3) is 0 Å². The molecule has 3 rings (SSSR count). The maximum Gasteiger partial charge on any atom is 0.154 e. The van der Waals surface area contributed by atoms with E-state index < -0.39 is 0 Å². The summed E-state index contributed by atoms with van der Waals surface area (Å²) in [6.45, 7) is 2.08. The molecule has 0 bridgehead atoms. The van der Waals surface area contributed by atoms with E-state index in [1.54, 1.807) is 0 Å². The Balaban J connectivity index is 0.000000269. The van der Waals surface area contributed by atoms with Crippen LogP contribution in [0.2, 0.25) is 0 Å². The molecule has 3 nitrogen and oxygen atoms in total. The van der Waals surface area contributed by atoms with Crippen LogP contribution in [-0.4, -0.2) is 11.7 Å². The highest BCUT2D eigenvalue weighted by atomic mass is 79.9. The van der Waals surface area contributed by atoms with Crippen molar-refractivity contribution in [2.75, 3.05) is 0 Å². The Morgan fingerprint density at radius 2 is 1.32 bits per heavy atom. The second kappa shape index (κ2) is 9.55. The Bertz CT molecular complexity index is 826.